The van der Waals surface area contributed by atoms with E-state index in [1.165, 1.54) is 10.4 Å². The first-order valence-electron chi connectivity index (χ1n) is 5.71. The third kappa shape index (κ3) is 1.98. The van der Waals surface area contributed by atoms with Crippen LogP contribution in [0, 0.1) is 0 Å². The van der Waals surface area contributed by atoms with Crippen molar-refractivity contribution < 1.29 is 4.79 Å². The van der Waals surface area contributed by atoms with Crippen molar-refractivity contribution in [3.05, 3.63) is 34.2 Å². The summed E-state index contributed by atoms with van der Waals surface area (Å²) >= 11 is 1.75. The molecule has 2 aromatic heterocycles. The van der Waals surface area contributed by atoms with Crippen LogP contribution in [0.5, 0.6) is 0 Å². The predicted molar refractivity (Wildman–Crippen MR) is 67.2 cm³/mol. The number of thiophene rings is 1. The lowest BCUT2D eigenvalue weighted by molar-refractivity contribution is -0.117. The first-order valence-corrected chi connectivity index (χ1v) is 6.59. The maximum absolute atomic E-state index is 12.2. The normalized spacial score (nSPS) is 18.7. The number of aryl methyl sites for hydroxylation is 1. The summed E-state index contributed by atoms with van der Waals surface area (Å²) in [4.78, 5) is 13.5. The Kier molecular flexibility index (Phi) is 2.68. The highest BCUT2D eigenvalue weighted by atomic mass is 32.1. The van der Waals surface area contributed by atoms with Crippen LogP contribution in [0.4, 0.5) is 5.82 Å². The summed E-state index contributed by atoms with van der Waals surface area (Å²) in [6, 6.07) is 3.84. The van der Waals surface area contributed by atoms with Crippen LogP contribution in [0.15, 0.2) is 23.7 Å². The maximum atomic E-state index is 12.2. The molecule has 17 heavy (non-hydrogen) atoms. The molecule has 2 aromatic rings. The van der Waals surface area contributed by atoms with Gasteiger partial charge in [0.1, 0.15) is 5.82 Å². The van der Waals surface area contributed by atoms with Gasteiger partial charge in [-0.1, -0.05) is 0 Å². The zero-order valence-electron chi connectivity index (χ0n) is 9.27. The van der Waals surface area contributed by atoms with Gasteiger partial charge in [0, 0.05) is 10.9 Å². The van der Waals surface area contributed by atoms with Gasteiger partial charge in [-0.2, -0.15) is 5.10 Å². The van der Waals surface area contributed by atoms with Crippen LogP contribution in [0.1, 0.15) is 29.2 Å². The van der Waals surface area contributed by atoms with Crippen molar-refractivity contribution in [2.75, 3.05) is 5.32 Å². The second-order valence-corrected chi connectivity index (χ2v) is 5.20. The summed E-state index contributed by atoms with van der Waals surface area (Å²) in [7, 11) is 0. The fourth-order valence-corrected chi connectivity index (χ4v) is 3.29. The lowest BCUT2D eigenvalue weighted by atomic mass is 9.87. The Morgan fingerprint density at radius 3 is 3.29 bits per heavy atom. The highest BCUT2D eigenvalue weighted by molar-refractivity contribution is 7.10. The fourth-order valence-electron chi connectivity index (χ4n) is 2.30. The number of fused-ring (bicyclic) bond motifs is 1. The molecule has 0 saturated carbocycles. The Bertz CT molecular complexity index is 518. The van der Waals surface area contributed by atoms with E-state index in [1.807, 2.05) is 0 Å². The zero-order valence-corrected chi connectivity index (χ0v) is 10.1. The number of nitrogens with zero attached hydrogens (tertiary/aromatic N) is 1. The van der Waals surface area contributed by atoms with E-state index < -0.39 is 0 Å². The lowest BCUT2D eigenvalue weighted by Gasteiger charge is -2.21. The molecular weight excluding hydrogens is 234 g/mol. The van der Waals surface area contributed by atoms with Gasteiger partial charge in [0.2, 0.25) is 5.91 Å². The molecule has 1 aliphatic rings. The van der Waals surface area contributed by atoms with Gasteiger partial charge in [0.05, 0.1) is 12.1 Å². The number of carbonyl (C=O) groups is 1. The summed E-state index contributed by atoms with van der Waals surface area (Å²) < 4.78 is 0. The Balaban J connectivity index is 1.80. The molecule has 0 fully saturated rings. The average molecular weight is 247 g/mol. The van der Waals surface area contributed by atoms with Crippen molar-refractivity contribution in [1.82, 2.24) is 10.2 Å². The van der Waals surface area contributed by atoms with Crippen molar-refractivity contribution >= 4 is 23.1 Å². The maximum Gasteiger partial charge on any atom is 0.233 e. The molecule has 0 spiro atoms. The van der Waals surface area contributed by atoms with Gasteiger partial charge in [0.15, 0.2) is 0 Å². The van der Waals surface area contributed by atoms with Crippen molar-refractivity contribution in [3.8, 4) is 0 Å². The molecule has 4 nitrogen and oxygen atoms in total. The number of hydrogen-bond acceptors (Lipinski definition) is 3. The number of hydrogen-bond donors (Lipinski definition) is 2. The molecule has 3 rings (SSSR count). The number of carbonyl (C=O) groups excluding carboxylic acids is 1. The lowest BCUT2D eigenvalue weighted by Crippen LogP contribution is -2.24. The first kappa shape index (κ1) is 10.5. The molecule has 0 aliphatic heterocycles. The van der Waals surface area contributed by atoms with E-state index in [0.29, 0.717) is 5.82 Å². The quantitative estimate of drug-likeness (QED) is 0.856. The summed E-state index contributed by atoms with van der Waals surface area (Å²) in [5.41, 5.74) is 1.21. The molecule has 1 atom stereocenters. The molecule has 2 N–H and O–H groups in total. The molecule has 1 aliphatic carbocycles. The van der Waals surface area contributed by atoms with Crippen LogP contribution in [-0.2, 0) is 11.2 Å². The number of H-pyrrole nitrogens is 1. The number of amides is 1. The van der Waals surface area contributed by atoms with Gasteiger partial charge in [-0.3, -0.25) is 9.89 Å². The van der Waals surface area contributed by atoms with E-state index in [-0.39, 0.29) is 11.8 Å². The highest BCUT2D eigenvalue weighted by Crippen LogP contribution is 2.35. The Labute approximate surface area is 103 Å². The van der Waals surface area contributed by atoms with E-state index in [4.69, 9.17) is 0 Å². The Morgan fingerprint density at radius 1 is 1.53 bits per heavy atom. The zero-order chi connectivity index (χ0) is 11.7. The number of aromatic amines is 1. The van der Waals surface area contributed by atoms with E-state index in [9.17, 15) is 4.79 Å². The monoisotopic (exact) mass is 247 g/mol. The molecule has 0 radical (unpaired) electrons. The molecule has 0 saturated heterocycles. The van der Waals surface area contributed by atoms with Gasteiger partial charge in [-0.15, -0.1) is 11.3 Å². The second-order valence-electron chi connectivity index (χ2n) is 4.20. The van der Waals surface area contributed by atoms with Crippen molar-refractivity contribution in [1.29, 1.82) is 0 Å². The molecule has 0 bridgehead atoms. The smallest absolute Gasteiger partial charge is 0.233 e. The van der Waals surface area contributed by atoms with Crippen LogP contribution in [0.25, 0.3) is 0 Å². The third-order valence-electron chi connectivity index (χ3n) is 3.13. The standard InChI is InChI=1S/C12H13N3OS/c16-12(14-11-4-6-13-15-11)9-2-1-3-10-8(9)5-7-17-10/h4-7,9H,1-3H2,(H2,13,14,15,16). The number of anilines is 1. The predicted octanol–water partition coefficient (Wildman–Crippen LogP) is 2.53. The summed E-state index contributed by atoms with van der Waals surface area (Å²) in [5, 5.41) is 11.5. The number of rotatable bonds is 2. The molecule has 1 unspecified atom stereocenters. The molecule has 88 valence electrons. The summed E-state index contributed by atoms with van der Waals surface area (Å²) in [6.07, 6.45) is 4.77. The highest BCUT2D eigenvalue weighted by Gasteiger charge is 2.27. The summed E-state index contributed by atoms with van der Waals surface area (Å²) in [6.45, 7) is 0. The number of nitrogens with one attached hydrogen (secondary N) is 2. The van der Waals surface area contributed by atoms with E-state index in [2.05, 4.69) is 27.0 Å². The molecule has 1 amide bonds. The first-order chi connectivity index (χ1) is 8.34. The van der Waals surface area contributed by atoms with Gasteiger partial charge >= 0.3 is 0 Å². The van der Waals surface area contributed by atoms with Crippen molar-refractivity contribution in [2.24, 2.45) is 0 Å². The minimum atomic E-state index is -0.00620. The average Bonchev–Trinajstić information content (AvgIpc) is 2.97. The van der Waals surface area contributed by atoms with Crippen LogP contribution >= 0.6 is 11.3 Å². The fraction of sp³-hybridized carbons (Fsp3) is 0.333. The van der Waals surface area contributed by atoms with Crippen molar-refractivity contribution in [3.63, 3.8) is 0 Å². The Hall–Kier alpha value is -1.62. The number of aromatic nitrogens is 2. The van der Waals surface area contributed by atoms with Crippen LogP contribution < -0.4 is 5.32 Å². The van der Waals surface area contributed by atoms with Gasteiger partial charge in [-0.25, -0.2) is 0 Å². The van der Waals surface area contributed by atoms with Crippen LogP contribution in [0.2, 0.25) is 0 Å². The summed E-state index contributed by atoms with van der Waals surface area (Å²) in [5.74, 6) is 0.722. The topological polar surface area (TPSA) is 57.8 Å². The molecular formula is C12H13N3OS. The van der Waals surface area contributed by atoms with E-state index in [0.717, 1.165) is 19.3 Å². The minimum Gasteiger partial charge on any atom is -0.311 e. The van der Waals surface area contributed by atoms with Gasteiger partial charge in [-0.05, 0) is 36.3 Å². The van der Waals surface area contributed by atoms with Gasteiger partial charge < -0.3 is 5.32 Å². The van der Waals surface area contributed by atoms with E-state index >= 15 is 0 Å². The van der Waals surface area contributed by atoms with Crippen LogP contribution in [-0.4, -0.2) is 16.1 Å². The largest absolute Gasteiger partial charge is 0.311 e. The second kappa shape index (κ2) is 4.33. The molecule has 5 heteroatoms. The van der Waals surface area contributed by atoms with Gasteiger partial charge in [0.25, 0.3) is 0 Å². The Morgan fingerprint density at radius 2 is 2.47 bits per heavy atom. The molecule has 0 aromatic carbocycles. The third-order valence-corrected chi connectivity index (χ3v) is 4.12. The molecule has 2 heterocycles. The SMILES string of the molecule is O=C(Nc1ccn[nH]1)C1CCCc2sccc21. The van der Waals surface area contributed by atoms with E-state index in [1.54, 1.807) is 23.6 Å². The van der Waals surface area contributed by atoms with Crippen molar-refractivity contribution in [2.45, 2.75) is 25.2 Å². The van der Waals surface area contributed by atoms with Crippen LogP contribution in [0.3, 0.4) is 0 Å². The minimum absolute atomic E-state index is 0.00620.